The average Bonchev–Trinajstić information content (AvgIpc) is 3.05. The van der Waals surface area contributed by atoms with Crippen LogP contribution in [0.1, 0.15) is 43.5 Å². The highest BCUT2D eigenvalue weighted by molar-refractivity contribution is 5.83. The van der Waals surface area contributed by atoms with Gasteiger partial charge in [0.15, 0.2) is 0 Å². The van der Waals surface area contributed by atoms with Crippen LogP contribution in [0.15, 0.2) is 66.7 Å². The van der Waals surface area contributed by atoms with Crippen LogP contribution in [0.5, 0.6) is 0 Å². The van der Waals surface area contributed by atoms with Crippen LogP contribution >= 0.6 is 0 Å². The van der Waals surface area contributed by atoms with E-state index in [1.165, 1.54) is 29.2 Å². The van der Waals surface area contributed by atoms with E-state index in [2.05, 4.69) is 72.6 Å². The minimum absolute atomic E-state index is 0.321. The molecule has 0 aliphatic rings. The minimum atomic E-state index is 0.321. The van der Waals surface area contributed by atoms with Crippen LogP contribution in [-0.4, -0.2) is 9.97 Å². The van der Waals surface area contributed by atoms with E-state index >= 15 is 0 Å². The molecule has 1 heterocycles. The fourth-order valence-corrected chi connectivity index (χ4v) is 3.43. The summed E-state index contributed by atoms with van der Waals surface area (Å²) >= 11 is 0. The molecule has 1 N–H and O–H groups in total. The number of aromatic nitrogens is 2. The second kappa shape index (κ2) is 6.48. The van der Waals surface area contributed by atoms with Crippen LogP contribution in [0.25, 0.3) is 21.8 Å². The molecule has 120 valence electrons. The Morgan fingerprint density at radius 2 is 1.71 bits per heavy atom. The van der Waals surface area contributed by atoms with Gasteiger partial charge >= 0.3 is 0 Å². The lowest BCUT2D eigenvalue weighted by molar-refractivity contribution is 0.629. The first kappa shape index (κ1) is 14.9. The van der Waals surface area contributed by atoms with Crippen molar-refractivity contribution >= 4 is 21.8 Å². The molecule has 0 bridgehead atoms. The van der Waals surface area contributed by atoms with E-state index in [0.29, 0.717) is 5.92 Å². The molecular weight excluding hydrogens is 292 g/mol. The zero-order valence-corrected chi connectivity index (χ0v) is 14.0. The predicted octanol–water partition coefficient (Wildman–Crippen LogP) is 6.04. The molecular formula is C22H22N2. The maximum Gasteiger partial charge on any atom is 0.114 e. The Hall–Kier alpha value is -2.61. The maximum absolute atomic E-state index is 4.87. The number of para-hydroxylation sites is 2. The van der Waals surface area contributed by atoms with Crippen molar-refractivity contribution in [3.05, 3.63) is 78.1 Å². The van der Waals surface area contributed by atoms with Gasteiger partial charge < -0.3 is 4.98 Å². The highest BCUT2D eigenvalue weighted by atomic mass is 14.9. The Labute approximate surface area is 142 Å². The van der Waals surface area contributed by atoms with E-state index in [4.69, 9.17) is 4.98 Å². The molecule has 0 saturated carbocycles. The standard InChI is InChI=1S/C22H22N2/c1-2-3-10-19(22-23-20-11-6-7-12-21(20)24-22)18-14-13-16-8-4-5-9-17(16)15-18/h4-9,11-15,19H,2-3,10H2,1H3,(H,23,24). The fraction of sp³-hybridized carbons (Fsp3) is 0.227. The molecule has 0 radical (unpaired) electrons. The first-order chi connectivity index (χ1) is 11.8. The third-order valence-corrected chi connectivity index (χ3v) is 4.76. The summed E-state index contributed by atoms with van der Waals surface area (Å²) in [6.45, 7) is 2.25. The minimum Gasteiger partial charge on any atom is -0.341 e. The van der Waals surface area contributed by atoms with Gasteiger partial charge in [-0.1, -0.05) is 74.4 Å². The van der Waals surface area contributed by atoms with Gasteiger partial charge in [-0.2, -0.15) is 0 Å². The van der Waals surface area contributed by atoms with E-state index in [1.54, 1.807) is 0 Å². The molecule has 4 aromatic rings. The number of H-pyrrole nitrogens is 1. The summed E-state index contributed by atoms with van der Waals surface area (Å²) in [6.07, 6.45) is 3.52. The second-order valence-electron chi connectivity index (χ2n) is 6.44. The quantitative estimate of drug-likeness (QED) is 0.478. The van der Waals surface area contributed by atoms with Crippen LogP contribution in [0, 0.1) is 0 Å². The van der Waals surface area contributed by atoms with Crippen LogP contribution in [0.3, 0.4) is 0 Å². The van der Waals surface area contributed by atoms with Gasteiger partial charge in [0.2, 0.25) is 0 Å². The largest absolute Gasteiger partial charge is 0.341 e. The van der Waals surface area contributed by atoms with Gasteiger partial charge in [-0.15, -0.1) is 0 Å². The van der Waals surface area contributed by atoms with Gasteiger partial charge in [-0.05, 0) is 34.9 Å². The average molecular weight is 314 g/mol. The molecule has 1 atom stereocenters. The number of hydrogen-bond acceptors (Lipinski definition) is 1. The van der Waals surface area contributed by atoms with Gasteiger partial charge in [0.1, 0.15) is 5.82 Å². The molecule has 4 rings (SSSR count). The van der Waals surface area contributed by atoms with Crippen molar-refractivity contribution in [1.29, 1.82) is 0 Å². The number of benzene rings is 3. The van der Waals surface area contributed by atoms with Crippen molar-refractivity contribution < 1.29 is 0 Å². The molecule has 2 nitrogen and oxygen atoms in total. The van der Waals surface area contributed by atoms with Crippen LogP contribution in [0.2, 0.25) is 0 Å². The first-order valence-corrected chi connectivity index (χ1v) is 8.78. The summed E-state index contributed by atoms with van der Waals surface area (Å²) in [5, 5.41) is 2.59. The third-order valence-electron chi connectivity index (χ3n) is 4.76. The molecule has 0 amide bonds. The first-order valence-electron chi connectivity index (χ1n) is 8.78. The summed E-state index contributed by atoms with van der Waals surface area (Å²) in [6, 6.07) is 23.6. The van der Waals surface area contributed by atoms with Crippen LogP contribution in [0.4, 0.5) is 0 Å². The van der Waals surface area contributed by atoms with Crippen LogP contribution in [-0.2, 0) is 0 Å². The Kier molecular flexibility index (Phi) is 4.04. The summed E-state index contributed by atoms with van der Waals surface area (Å²) in [4.78, 5) is 8.41. The Balaban J connectivity index is 1.79. The van der Waals surface area contributed by atoms with Crippen molar-refractivity contribution in [3.8, 4) is 0 Å². The molecule has 0 spiro atoms. The van der Waals surface area contributed by atoms with E-state index in [-0.39, 0.29) is 0 Å². The van der Waals surface area contributed by atoms with Gasteiger partial charge in [-0.3, -0.25) is 0 Å². The van der Waals surface area contributed by atoms with Gasteiger partial charge in [-0.25, -0.2) is 4.98 Å². The number of fused-ring (bicyclic) bond motifs is 2. The normalized spacial score (nSPS) is 12.7. The number of aromatic amines is 1. The molecule has 0 aliphatic carbocycles. The maximum atomic E-state index is 4.87. The molecule has 3 aromatic carbocycles. The fourth-order valence-electron chi connectivity index (χ4n) is 3.43. The number of nitrogens with zero attached hydrogens (tertiary/aromatic N) is 1. The SMILES string of the molecule is CCCCC(c1ccc2ccccc2c1)c1nc2ccccc2[nH]1. The number of hydrogen-bond donors (Lipinski definition) is 1. The van der Waals surface area contributed by atoms with Crippen LogP contribution < -0.4 is 0 Å². The molecule has 0 aliphatic heterocycles. The second-order valence-corrected chi connectivity index (χ2v) is 6.44. The molecule has 1 unspecified atom stereocenters. The number of rotatable bonds is 5. The molecule has 2 heteroatoms. The Bertz CT molecular complexity index is 935. The smallest absolute Gasteiger partial charge is 0.114 e. The molecule has 0 fully saturated rings. The summed E-state index contributed by atoms with van der Waals surface area (Å²) in [5.74, 6) is 1.40. The van der Waals surface area contributed by atoms with Crippen molar-refractivity contribution in [2.24, 2.45) is 0 Å². The van der Waals surface area contributed by atoms with E-state index in [0.717, 1.165) is 23.3 Å². The lowest BCUT2D eigenvalue weighted by Crippen LogP contribution is -2.03. The highest BCUT2D eigenvalue weighted by Crippen LogP contribution is 2.31. The Morgan fingerprint density at radius 3 is 2.54 bits per heavy atom. The van der Waals surface area contributed by atoms with E-state index in [9.17, 15) is 0 Å². The summed E-state index contributed by atoms with van der Waals surface area (Å²) < 4.78 is 0. The molecule has 0 saturated heterocycles. The molecule has 1 aromatic heterocycles. The predicted molar refractivity (Wildman–Crippen MR) is 101 cm³/mol. The summed E-state index contributed by atoms with van der Waals surface area (Å²) in [7, 11) is 0. The number of imidazole rings is 1. The van der Waals surface area contributed by atoms with E-state index in [1.807, 2.05) is 6.07 Å². The molecule has 24 heavy (non-hydrogen) atoms. The topological polar surface area (TPSA) is 28.7 Å². The Morgan fingerprint density at radius 1 is 0.917 bits per heavy atom. The van der Waals surface area contributed by atoms with Gasteiger partial charge in [0.05, 0.1) is 11.0 Å². The van der Waals surface area contributed by atoms with Crippen molar-refractivity contribution in [3.63, 3.8) is 0 Å². The van der Waals surface area contributed by atoms with Crippen molar-refractivity contribution in [1.82, 2.24) is 9.97 Å². The zero-order valence-electron chi connectivity index (χ0n) is 14.0. The lowest BCUT2D eigenvalue weighted by atomic mass is 9.91. The van der Waals surface area contributed by atoms with Crippen molar-refractivity contribution in [2.45, 2.75) is 32.1 Å². The van der Waals surface area contributed by atoms with Crippen molar-refractivity contribution in [2.75, 3.05) is 0 Å². The number of unbranched alkanes of at least 4 members (excludes halogenated alkanes) is 1. The number of nitrogens with one attached hydrogen (secondary N) is 1. The third kappa shape index (κ3) is 2.80. The lowest BCUT2D eigenvalue weighted by Gasteiger charge is -2.15. The monoisotopic (exact) mass is 314 g/mol. The van der Waals surface area contributed by atoms with E-state index < -0.39 is 0 Å². The zero-order chi connectivity index (χ0) is 16.4. The highest BCUT2D eigenvalue weighted by Gasteiger charge is 2.18. The van der Waals surface area contributed by atoms with Gasteiger partial charge in [0, 0.05) is 5.92 Å². The summed E-state index contributed by atoms with van der Waals surface area (Å²) in [5.41, 5.74) is 3.52. The van der Waals surface area contributed by atoms with Gasteiger partial charge in [0.25, 0.3) is 0 Å².